The lowest BCUT2D eigenvalue weighted by Gasteiger charge is -2.32. The average molecular weight is 370 g/mol. The Morgan fingerprint density at radius 3 is 3.00 bits per heavy atom. The molecular weight excluding hydrogens is 348 g/mol. The van der Waals surface area contributed by atoms with Crippen molar-refractivity contribution in [3.8, 4) is 0 Å². The molecule has 8 heteroatoms. The van der Waals surface area contributed by atoms with Crippen LogP contribution in [-0.2, 0) is 0 Å². The second-order valence-corrected chi connectivity index (χ2v) is 7.99. The summed E-state index contributed by atoms with van der Waals surface area (Å²) in [6.07, 6.45) is 1.68. The largest absolute Gasteiger partial charge is 0.334 e. The Morgan fingerprint density at radius 2 is 2.27 bits per heavy atom. The number of aromatic nitrogens is 3. The van der Waals surface area contributed by atoms with Crippen LogP contribution in [-0.4, -0.2) is 51.7 Å². The summed E-state index contributed by atoms with van der Waals surface area (Å²) in [5, 5.41) is 14.5. The summed E-state index contributed by atoms with van der Waals surface area (Å²) in [5.41, 5.74) is 1.47. The standard InChI is InChI=1S/C18H22N6OS/c1-10-9-24(7-6-19-10)18(25)15-12(3)16-13(8-11(2)26-16)17(22-15)21-14-4-5-20-23-14/h4-5,8,10,19H,6-7,9H2,1-3H3,(H2,20,21,22,23)/t10-/m1/s1. The molecule has 7 nitrogen and oxygen atoms in total. The monoisotopic (exact) mass is 370 g/mol. The van der Waals surface area contributed by atoms with E-state index >= 15 is 0 Å². The number of carbonyl (C=O) groups is 1. The molecule has 0 radical (unpaired) electrons. The van der Waals surface area contributed by atoms with Crippen LogP contribution >= 0.6 is 11.3 Å². The van der Waals surface area contributed by atoms with Crippen molar-refractivity contribution in [2.75, 3.05) is 25.0 Å². The van der Waals surface area contributed by atoms with Crippen LogP contribution in [0.1, 0.15) is 27.9 Å². The van der Waals surface area contributed by atoms with Gasteiger partial charge in [-0.15, -0.1) is 11.3 Å². The van der Waals surface area contributed by atoms with Crippen molar-refractivity contribution in [1.82, 2.24) is 25.4 Å². The molecule has 1 atom stereocenters. The maximum absolute atomic E-state index is 13.2. The van der Waals surface area contributed by atoms with Crippen molar-refractivity contribution in [3.05, 3.63) is 34.5 Å². The number of anilines is 2. The van der Waals surface area contributed by atoms with Gasteiger partial charge in [-0.05, 0) is 32.4 Å². The Hall–Kier alpha value is -2.45. The molecule has 0 spiro atoms. The van der Waals surface area contributed by atoms with Gasteiger partial charge in [-0.2, -0.15) is 5.10 Å². The lowest BCUT2D eigenvalue weighted by Crippen LogP contribution is -2.51. The van der Waals surface area contributed by atoms with Gasteiger partial charge in [-0.25, -0.2) is 4.98 Å². The summed E-state index contributed by atoms with van der Waals surface area (Å²) in [6.45, 7) is 8.37. The van der Waals surface area contributed by atoms with Crippen molar-refractivity contribution in [2.45, 2.75) is 26.8 Å². The fourth-order valence-corrected chi connectivity index (χ4v) is 4.37. The summed E-state index contributed by atoms with van der Waals surface area (Å²) in [4.78, 5) is 21.0. The summed E-state index contributed by atoms with van der Waals surface area (Å²) in [6, 6.07) is 4.25. The third-order valence-corrected chi connectivity index (χ3v) is 5.81. The highest BCUT2D eigenvalue weighted by Gasteiger charge is 2.26. The van der Waals surface area contributed by atoms with Crippen LogP contribution in [0.3, 0.4) is 0 Å². The molecule has 3 N–H and O–H groups in total. The minimum atomic E-state index is -0.00327. The number of fused-ring (bicyclic) bond motifs is 1. The first kappa shape index (κ1) is 17.0. The van der Waals surface area contributed by atoms with Gasteiger partial charge in [0.15, 0.2) is 0 Å². The van der Waals surface area contributed by atoms with E-state index in [1.165, 1.54) is 4.88 Å². The predicted molar refractivity (Wildman–Crippen MR) is 104 cm³/mol. The lowest BCUT2D eigenvalue weighted by atomic mass is 10.1. The zero-order valence-corrected chi connectivity index (χ0v) is 15.9. The van der Waals surface area contributed by atoms with Gasteiger partial charge in [0.25, 0.3) is 5.91 Å². The minimum absolute atomic E-state index is 0.00327. The van der Waals surface area contributed by atoms with Gasteiger partial charge in [-0.3, -0.25) is 9.89 Å². The molecule has 1 aliphatic rings. The summed E-state index contributed by atoms with van der Waals surface area (Å²) >= 11 is 1.70. The first-order valence-electron chi connectivity index (χ1n) is 8.72. The van der Waals surface area contributed by atoms with Gasteiger partial charge in [0.2, 0.25) is 0 Å². The number of hydrogen-bond acceptors (Lipinski definition) is 6. The number of nitrogens with one attached hydrogen (secondary N) is 3. The quantitative estimate of drug-likeness (QED) is 0.660. The van der Waals surface area contributed by atoms with Crippen LogP contribution < -0.4 is 10.6 Å². The van der Waals surface area contributed by atoms with Gasteiger partial charge < -0.3 is 15.5 Å². The van der Waals surface area contributed by atoms with Gasteiger partial charge in [0.05, 0.1) is 6.20 Å². The van der Waals surface area contributed by atoms with Crippen LogP contribution in [0.4, 0.5) is 11.6 Å². The smallest absolute Gasteiger partial charge is 0.272 e. The van der Waals surface area contributed by atoms with Gasteiger partial charge in [-0.1, -0.05) is 0 Å². The van der Waals surface area contributed by atoms with E-state index in [2.05, 4.69) is 40.7 Å². The van der Waals surface area contributed by atoms with E-state index in [4.69, 9.17) is 4.98 Å². The number of amides is 1. The number of rotatable bonds is 3. The summed E-state index contributed by atoms with van der Waals surface area (Å²) in [7, 11) is 0. The highest BCUT2D eigenvalue weighted by Crippen LogP contribution is 2.35. The fraction of sp³-hybridized carbons (Fsp3) is 0.389. The number of thiophene rings is 1. The van der Waals surface area contributed by atoms with Crippen LogP contribution in [0.5, 0.6) is 0 Å². The van der Waals surface area contributed by atoms with E-state index < -0.39 is 0 Å². The first-order valence-corrected chi connectivity index (χ1v) is 9.54. The van der Waals surface area contributed by atoms with E-state index in [0.717, 1.165) is 28.0 Å². The van der Waals surface area contributed by atoms with Crippen molar-refractivity contribution >= 4 is 39.0 Å². The second-order valence-electron chi connectivity index (χ2n) is 6.74. The highest BCUT2D eigenvalue weighted by molar-refractivity contribution is 7.19. The molecule has 0 bridgehead atoms. The number of hydrogen-bond donors (Lipinski definition) is 3. The Balaban J connectivity index is 1.78. The Bertz CT molecular complexity index is 948. The number of aromatic amines is 1. The van der Waals surface area contributed by atoms with Gasteiger partial charge in [0, 0.05) is 46.7 Å². The van der Waals surface area contributed by atoms with E-state index in [1.54, 1.807) is 17.5 Å². The molecule has 1 aliphatic heterocycles. The molecule has 0 aromatic carbocycles. The van der Waals surface area contributed by atoms with Crippen molar-refractivity contribution in [3.63, 3.8) is 0 Å². The molecular formula is C18H22N6OS. The Labute approximate surface area is 155 Å². The van der Waals surface area contributed by atoms with Gasteiger partial charge in [0.1, 0.15) is 17.3 Å². The molecule has 0 saturated carbocycles. The summed E-state index contributed by atoms with van der Waals surface area (Å²) in [5.74, 6) is 1.43. The van der Waals surface area contributed by atoms with Crippen LogP contribution in [0, 0.1) is 13.8 Å². The van der Waals surface area contributed by atoms with E-state index in [0.29, 0.717) is 30.6 Å². The maximum Gasteiger partial charge on any atom is 0.272 e. The average Bonchev–Trinajstić information content (AvgIpc) is 3.26. The predicted octanol–water partition coefficient (Wildman–Crippen LogP) is 2.81. The fourth-order valence-electron chi connectivity index (χ4n) is 3.36. The van der Waals surface area contributed by atoms with Crippen LogP contribution in [0.15, 0.2) is 18.3 Å². The molecule has 3 aromatic heterocycles. The lowest BCUT2D eigenvalue weighted by molar-refractivity contribution is 0.0703. The second kappa shape index (κ2) is 6.69. The van der Waals surface area contributed by atoms with E-state index in [-0.39, 0.29) is 5.91 Å². The number of carbonyl (C=O) groups excluding carboxylic acids is 1. The van der Waals surface area contributed by atoms with Gasteiger partial charge >= 0.3 is 0 Å². The molecule has 1 fully saturated rings. The number of nitrogens with zero attached hydrogens (tertiary/aromatic N) is 3. The molecule has 0 aliphatic carbocycles. The zero-order chi connectivity index (χ0) is 18.3. The Morgan fingerprint density at radius 1 is 1.42 bits per heavy atom. The molecule has 4 heterocycles. The third kappa shape index (κ3) is 3.06. The molecule has 0 unspecified atom stereocenters. The number of aryl methyl sites for hydroxylation is 2. The van der Waals surface area contributed by atoms with Crippen molar-refractivity contribution in [1.29, 1.82) is 0 Å². The normalized spacial score (nSPS) is 17.7. The molecule has 1 saturated heterocycles. The maximum atomic E-state index is 13.2. The Kier molecular flexibility index (Phi) is 4.37. The summed E-state index contributed by atoms with van der Waals surface area (Å²) < 4.78 is 1.10. The van der Waals surface area contributed by atoms with Crippen LogP contribution in [0.25, 0.3) is 10.1 Å². The number of H-pyrrole nitrogens is 1. The number of pyridine rings is 1. The topological polar surface area (TPSA) is 85.9 Å². The van der Waals surface area contributed by atoms with Crippen LogP contribution in [0.2, 0.25) is 0 Å². The van der Waals surface area contributed by atoms with Crippen molar-refractivity contribution < 1.29 is 4.79 Å². The minimum Gasteiger partial charge on any atom is -0.334 e. The molecule has 136 valence electrons. The molecule has 1 amide bonds. The molecule has 3 aromatic rings. The number of piperazine rings is 1. The van der Waals surface area contributed by atoms with Crippen molar-refractivity contribution in [2.24, 2.45) is 0 Å². The SMILES string of the molecule is Cc1cc2c(Nc3ccn[nH]3)nc(C(=O)N3CCN[C@H](C)C3)c(C)c2s1. The zero-order valence-electron chi connectivity index (χ0n) is 15.1. The third-order valence-electron chi connectivity index (χ3n) is 4.64. The van der Waals surface area contributed by atoms with E-state index in [9.17, 15) is 4.79 Å². The molecule has 4 rings (SSSR count). The highest BCUT2D eigenvalue weighted by atomic mass is 32.1. The molecule has 26 heavy (non-hydrogen) atoms. The van der Waals surface area contributed by atoms with E-state index in [1.807, 2.05) is 17.9 Å². The first-order chi connectivity index (χ1) is 12.5.